The van der Waals surface area contributed by atoms with Gasteiger partial charge in [-0.25, -0.2) is 0 Å². The zero-order chi connectivity index (χ0) is 13.8. The highest BCUT2D eigenvalue weighted by Crippen LogP contribution is 2.12. The Morgan fingerprint density at radius 3 is 2.89 bits per heavy atom. The summed E-state index contributed by atoms with van der Waals surface area (Å²) < 4.78 is 5.02. The molecule has 0 aliphatic rings. The lowest BCUT2D eigenvalue weighted by molar-refractivity contribution is 0.0897. The lowest BCUT2D eigenvalue weighted by Crippen LogP contribution is -2.28. The summed E-state index contributed by atoms with van der Waals surface area (Å²) in [6, 6.07) is 4.75. The third-order valence-electron chi connectivity index (χ3n) is 2.66. The molecule has 6 heteroatoms. The predicted octanol–water partition coefficient (Wildman–Crippen LogP) is 1.27. The van der Waals surface area contributed by atoms with Crippen LogP contribution in [0.1, 0.15) is 39.6 Å². The summed E-state index contributed by atoms with van der Waals surface area (Å²) in [5.41, 5.74) is 0.716. The van der Waals surface area contributed by atoms with Gasteiger partial charge >= 0.3 is 0 Å². The van der Waals surface area contributed by atoms with Crippen molar-refractivity contribution in [2.45, 2.75) is 13.0 Å². The van der Waals surface area contributed by atoms with Crippen LogP contribution in [0.5, 0.6) is 0 Å². The van der Waals surface area contributed by atoms with E-state index < -0.39 is 12.0 Å². The molecule has 19 heavy (non-hydrogen) atoms. The van der Waals surface area contributed by atoms with Gasteiger partial charge in [-0.3, -0.25) is 9.59 Å². The Hall–Kier alpha value is -2.34. The fourth-order valence-electron chi connectivity index (χ4n) is 1.59. The second-order valence-electron chi connectivity index (χ2n) is 4.10. The summed E-state index contributed by atoms with van der Waals surface area (Å²) in [6.45, 7) is 1.45. The number of hydrogen-bond donors (Lipinski definition) is 3. The molecule has 1 amide bonds. The fourth-order valence-corrected chi connectivity index (χ4v) is 1.59. The van der Waals surface area contributed by atoms with Crippen molar-refractivity contribution in [2.24, 2.45) is 0 Å². The van der Waals surface area contributed by atoms with Crippen LogP contribution in [0.4, 0.5) is 0 Å². The minimum absolute atomic E-state index is 0.0285. The van der Waals surface area contributed by atoms with E-state index in [1.807, 2.05) is 0 Å². The van der Waals surface area contributed by atoms with Gasteiger partial charge in [-0.05, 0) is 25.1 Å². The van der Waals surface area contributed by atoms with Crippen molar-refractivity contribution < 1.29 is 19.1 Å². The Kier molecular flexibility index (Phi) is 3.82. The van der Waals surface area contributed by atoms with Crippen molar-refractivity contribution in [3.8, 4) is 0 Å². The van der Waals surface area contributed by atoms with Crippen LogP contribution >= 0.6 is 0 Å². The number of rotatable bonds is 5. The van der Waals surface area contributed by atoms with Crippen molar-refractivity contribution in [2.75, 3.05) is 6.54 Å². The zero-order valence-corrected chi connectivity index (χ0v) is 10.3. The number of hydrogen-bond acceptors (Lipinski definition) is 4. The molecule has 1 unspecified atom stereocenters. The number of amides is 1. The number of Topliss-reactive ketones (excluding diaryl/α,β-unsaturated/α-hetero) is 1. The third kappa shape index (κ3) is 3.11. The van der Waals surface area contributed by atoms with E-state index in [2.05, 4.69) is 10.3 Å². The quantitative estimate of drug-likeness (QED) is 0.707. The number of aromatic amines is 1. The number of aliphatic hydroxyl groups is 1. The average Bonchev–Trinajstić information content (AvgIpc) is 3.05. The molecule has 0 radical (unpaired) electrons. The van der Waals surface area contributed by atoms with Crippen LogP contribution in [0, 0.1) is 0 Å². The van der Waals surface area contributed by atoms with E-state index in [0.29, 0.717) is 11.3 Å². The van der Waals surface area contributed by atoms with Gasteiger partial charge in [0, 0.05) is 11.8 Å². The first-order chi connectivity index (χ1) is 9.08. The number of furan rings is 1. The molecule has 0 aliphatic carbocycles. The fraction of sp³-hybridized carbons (Fsp3) is 0.231. The Balaban J connectivity index is 1.92. The maximum atomic E-state index is 11.8. The molecular formula is C13H14N2O4. The summed E-state index contributed by atoms with van der Waals surface area (Å²) in [5.74, 6) is -0.125. The molecule has 1 atom stereocenters. The molecule has 2 rings (SSSR count). The Morgan fingerprint density at radius 2 is 2.32 bits per heavy atom. The lowest BCUT2D eigenvalue weighted by atomic mass is 10.2. The van der Waals surface area contributed by atoms with E-state index in [1.165, 1.54) is 25.5 Å². The van der Waals surface area contributed by atoms with Crippen molar-refractivity contribution in [1.82, 2.24) is 10.3 Å². The molecule has 2 heterocycles. The van der Waals surface area contributed by atoms with Gasteiger partial charge in [0.1, 0.15) is 17.6 Å². The molecule has 0 aromatic carbocycles. The van der Waals surface area contributed by atoms with Gasteiger partial charge in [-0.1, -0.05) is 0 Å². The highest BCUT2D eigenvalue weighted by Gasteiger charge is 2.14. The normalized spacial score (nSPS) is 12.1. The second-order valence-corrected chi connectivity index (χ2v) is 4.10. The van der Waals surface area contributed by atoms with Crippen LogP contribution in [0.3, 0.4) is 0 Å². The molecule has 100 valence electrons. The van der Waals surface area contributed by atoms with E-state index in [0.717, 1.165) is 0 Å². The molecule has 0 saturated heterocycles. The highest BCUT2D eigenvalue weighted by atomic mass is 16.4. The number of aromatic nitrogens is 1. The number of carbonyl (C=O) groups excluding carboxylic acids is 2. The second kappa shape index (κ2) is 5.53. The minimum atomic E-state index is -0.902. The van der Waals surface area contributed by atoms with Crippen molar-refractivity contribution >= 4 is 11.7 Å². The largest absolute Gasteiger partial charge is 0.467 e. The lowest BCUT2D eigenvalue weighted by Gasteiger charge is -2.08. The van der Waals surface area contributed by atoms with Crippen molar-refractivity contribution in [1.29, 1.82) is 0 Å². The van der Waals surface area contributed by atoms with Crippen LogP contribution < -0.4 is 5.32 Å². The smallest absolute Gasteiger partial charge is 0.267 e. The van der Waals surface area contributed by atoms with Crippen LogP contribution in [-0.4, -0.2) is 28.3 Å². The number of aliphatic hydroxyl groups excluding tert-OH is 1. The maximum absolute atomic E-state index is 11.8. The molecule has 0 fully saturated rings. The maximum Gasteiger partial charge on any atom is 0.267 e. The van der Waals surface area contributed by atoms with Crippen molar-refractivity contribution in [3.63, 3.8) is 0 Å². The van der Waals surface area contributed by atoms with Gasteiger partial charge in [0.25, 0.3) is 5.91 Å². The number of carbonyl (C=O) groups is 2. The molecule has 0 aliphatic heterocycles. The van der Waals surface area contributed by atoms with Crippen LogP contribution in [-0.2, 0) is 0 Å². The minimum Gasteiger partial charge on any atom is -0.467 e. The van der Waals surface area contributed by atoms with Crippen LogP contribution in [0.25, 0.3) is 0 Å². The molecule has 0 spiro atoms. The standard InChI is InChI=1S/C13H14N2O4/c1-8(16)9-5-10(14-6-9)13(18)15-7-11(17)12-3-2-4-19-12/h2-6,11,14,17H,7H2,1H3,(H,15,18). The third-order valence-corrected chi connectivity index (χ3v) is 2.66. The van der Waals surface area contributed by atoms with Crippen LogP contribution in [0.15, 0.2) is 35.1 Å². The Morgan fingerprint density at radius 1 is 1.53 bits per heavy atom. The van der Waals surface area contributed by atoms with Gasteiger partial charge in [0.15, 0.2) is 5.78 Å². The van der Waals surface area contributed by atoms with E-state index in [4.69, 9.17) is 4.42 Å². The van der Waals surface area contributed by atoms with Crippen molar-refractivity contribution in [3.05, 3.63) is 47.7 Å². The number of ketones is 1. The highest BCUT2D eigenvalue weighted by molar-refractivity contribution is 5.99. The zero-order valence-electron chi connectivity index (χ0n) is 10.3. The molecule has 6 nitrogen and oxygen atoms in total. The van der Waals surface area contributed by atoms with E-state index in [-0.39, 0.29) is 18.0 Å². The summed E-state index contributed by atoms with van der Waals surface area (Å²) in [4.78, 5) is 25.6. The topological polar surface area (TPSA) is 95.3 Å². The predicted molar refractivity (Wildman–Crippen MR) is 66.8 cm³/mol. The molecule has 2 aromatic heterocycles. The average molecular weight is 262 g/mol. The molecule has 3 N–H and O–H groups in total. The molecule has 0 saturated carbocycles. The monoisotopic (exact) mass is 262 g/mol. The van der Waals surface area contributed by atoms with Gasteiger partial charge in [0.05, 0.1) is 12.8 Å². The summed E-state index contributed by atoms with van der Waals surface area (Å²) >= 11 is 0. The van der Waals surface area contributed by atoms with E-state index in [9.17, 15) is 14.7 Å². The number of nitrogens with one attached hydrogen (secondary N) is 2. The first kappa shape index (κ1) is 13.1. The Labute approximate surface area is 109 Å². The van der Waals surface area contributed by atoms with Gasteiger partial charge in [0.2, 0.25) is 0 Å². The van der Waals surface area contributed by atoms with Gasteiger partial charge in [-0.2, -0.15) is 0 Å². The number of H-pyrrole nitrogens is 1. The Bertz CT molecular complexity index is 571. The van der Waals surface area contributed by atoms with Gasteiger partial charge in [-0.15, -0.1) is 0 Å². The van der Waals surface area contributed by atoms with E-state index in [1.54, 1.807) is 12.1 Å². The van der Waals surface area contributed by atoms with Gasteiger partial charge < -0.3 is 19.8 Å². The first-order valence-corrected chi connectivity index (χ1v) is 5.77. The SMILES string of the molecule is CC(=O)c1c[nH]c(C(=O)NCC(O)c2ccco2)c1. The summed E-state index contributed by atoms with van der Waals surface area (Å²) in [6.07, 6.45) is 2.02. The molecule has 2 aromatic rings. The summed E-state index contributed by atoms with van der Waals surface area (Å²) in [5, 5.41) is 12.3. The molecular weight excluding hydrogens is 248 g/mol. The molecule has 0 bridgehead atoms. The first-order valence-electron chi connectivity index (χ1n) is 5.77. The van der Waals surface area contributed by atoms with Crippen LogP contribution in [0.2, 0.25) is 0 Å². The summed E-state index contributed by atoms with van der Waals surface area (Å²) in [7, 11) is 0. The van der Waals surface area contributed by atoms with E-state index >= 15 is 0 Å².